The number of fused-ring (bicyclic) bond motifs is 3. The van der Waals surface area contributed by atoms with E-state index in [1.807, 2.05) is 0 Å². The van der Waals surface area contributed by atoms with Gasteiger partial charge in [0.2, 0.25) is 11.8 Å². The number of halogens is 1. The molecule has 0 saturated carbocycles. The van der Waals surface area contributed by atoms with E-state index in [1.54, 1.807) is 42.6 Å². The van der Waals surface area contributed by atoms with Crippen LogP contribution < -0.4 is 11.1 Å². The third-order valence-electron chi connectivity index (χ3n) is 5.10. The monoisotopic (exact) mass is 475 g/mol. The van der Waals surface area contributed by atoms with Crippen molar-refractivity contribution < 1.29 is 9.59 Å². The summed E-state index contributed by atoms with van der Waals surface area (Å²) in [5.74, 6) is 0.0743. The number of thiophene rings is 1. The fraction of sp³-hybridized carbons (Fsp3) is 0.333. The standard InChI is InChI=1S/C21H22ClN5O2S2/c1-27(10-16(28)24-14-8-4-3-7-13(14)22)17(29)11-30-21-25-19(23)18-12-6-2-5-9-15(12)31-20(18)26-21/h3-4,7-8H,2,5-6,9-11H2,1H3,(H,24,28)(H2,23,25,26). The van der Waals surface area contributed by atoms with Crippen molar-refractivity contribution in [3.63, 3.8) is 0 Å². The molecule has 0 spiro atoms. The molecule has 2 heterocycles. The van der Waals surface area contributed by atoms with Crippen LogP contribution in [-0.2, 0) is 22.4 Å². The lowest BCUT2D eigenvalue weighted by Gasteiger charge is -2.16. The number of benzene rings is 1. The summed E-state index contributed by atoms with van der Waals surface area (Å²) in [5.41, 5.74) is 8.03. The molecular weight excluding hydrogens is 454 g/mol. The average molecular weight is 476 g/mol. The highest BCUT2D eigenvalue weighted by Crippen LogP contribution is 2.38. The molecule has 1 aliphatic rings. The second-order valence-electron chi connectivity index (χ2n) is 7.35. The van der Waals surface area contributed by atoms with Gasteiger partial charge in [-0.05, 0) is 43.4 Å². The van der Waals surface area contributed by atoms with Crippen molar-refractivity contribution in [1.82, 2.24) is 14.9 Å². The number of para-hydroxylation sites is 1. The summed E-state index contributed by atoms with van der Waals surface area (Å²) in [4.78, 5) is 37.4. The molecule has 3 N–H and O–H groups in total. The second-order valence-corrected chi connectivity index (χ2v) is 9.78. The van der Waals surface area contributed by atoms with Gasteiger partial charge in [-0.25, -0.2) is 9.97 Å². The Bertz CT molecular complexity index is 1150. The highest BCUT2D eigenvalue weighted by molar-refractivity contribution is 7.99. The number of nitrogens with one attached hydrogen (secondary N) is 1. The number of aryl methyl sites for hydroxylation is 2. The fourth-order valence-electron chi connectivity index (χ4n) is 3.52. The molecule has 3 aromatic rings. The molecule has 2 aromatic heterocycles. The molecule has 0 aliphatic heterocycles. The van der Waals surface area contributed by atoms with Crippen LogP contribution in [0.4, 0.5) is 11.5 Å². The number of hydrogen-bond acceptors (Lipinski definition) is 7. The number of thioether (sulfide) groups is 1. The maximum atomic E-state index is 12.5. The van der Waals surface area contributed by atoms with Gasteiger partial charge in [-0.15, -0.1) is 11.3 Å². The number of nitrogens with two attached hydrogens (primary N) is 1. The SMILES string of the molecule is CN(CC(=O)Nc1ccccc1Cl)C(=O)CSc1nc(N)c2c3c(sc2n1)CCCC3. The number of anilines is 2. The first kappa shape index (κ1) is 21.9. The van der Waals surface area contributed by atoms with Crippen molar-refractivity contribution >= 4 is 68.2 Å². The van der Waals surface area contributed by atoms with E-state index in [2.05, 4.69) is 15.3 Å². The van der Waals surface area contributed by atoms with E-state index in [-0.39, 0.29) is 24.1 Å². The van der Waals surface area contributed by atoms with E-state index in [1.165, 1.54) is 39.9 Å². The molecule has 4 rings (SSSR count). The summed E-state index contributed by atoms with van der Waals surface area (Å²) < 4.78 is 0. The summed E-state index contributed by atoms with van der Waals surface area (Å²) in [7, 11) is 1.58. The van der Waals surface area contributed by atoms with Crippen LogP contribution in [0.5, 0.6) is 0 Å². The molecular formula is C21H22ClN5O2S2. The maximum absolute atomic E-state index is 12.5. The Balaban J connectivity index is 1.36. The predicted molar refractivity (Wildman–Crippen MR) is 127 cm³/mol. The Morgan fingerprint density at radius 1 is 1.26 bits per heavy atom. The summed E-state index contributed by atoms with van der Waals surface area (Å²) in [6, 6.07) is 6.95. The van der Waals surface area contributed by atoms with Crippen molar-refractivity contribution in [1.29, 1.82) is 0 Å². The minimum atomic E-state index is -0.319. The number of nitrogen functional groups attached to an aromatic ring is 1. The van der Waals surface area contributed by atoms with Gasteiger partial charge in [-0.2, -0.15) is 0 Å². The van der Waals surface area contributed by atoms with E-state index < -0.39 is 0 Å². The van der Waals surface area contributed by atoms with Gasteiger partial charge in [0.25, 0.3) is 0 Å². The molecule has 0 fully saturated rings. The summed E-state index contributed by atoms with van der Waals surface area (Å²) in [5, 5.41) is 4.61. The van der Waals surface area contributed by atoms with Crippen LogP contribution >= 0.6 is 34.7 Å². The first-order valence-corrected chi connectivity index (χ1v) is 12.1. The number of likely N-dealkylation sites (N-methyl/N-ethyl adjacent to an activating group) is 1. The van der Waals surface area contributed by atoms with Gasteiger partial charge in [-0.1, -0.05) is 35.5 Å². The molecule has 10 heteroatoms. The van der Waals surface area contributed by atoms with Gasteiger partial charge in [0.15, 0.2) is 5.16 Å². The molecule has 7 nitrogen and oxygen atoms in total. The molecule has 0 bridgehead atoms. The molecule has 2 amide bonds. The molecule has 0 unspecified atom stereocenters. The Morgan fingerprint density at radius 3 is 2.84 bits per heavy atom. The van der Waals surface area contributed by atoms with Crippen molar-refractivity contribution in [2.45, 2.75) is 30.8 Å². The Morgan fingerprint density at radius 2 is 2.03 bits per heavy atom. The van der Waals surface area contributed by atoms with Crippen molar-refractivity contribution in [2.75, 3.05) is 30.4 Å². The van der Waals surface area contributed by atoms with Crippen LogP contribution in [0.25, 0.3) is 10.2 Å². The largest absolute Gasteiger partial charge is 0.383 e. The molecule has 0 atom stereocenters. The summed E-state index contributed by atoms with van der Waals surface area (Å²) >= 11 is 8.95. The average Bonchev–Trinajstić information content (AvgIpc) is 3.12. The van der Waals surface area contributed by atoms with Crippen LogP contribution in [0.2, 0.25) is 5.02 Å². The van der Waals surface area contributed by atoms with Gasteiger partial charge < -0.3 is 16.0 Å². The Kier molecular flexibility index (Phi) is 6.64. The van der Waals surface area contributed by atoms with Crippen LogP contribution in [0, 0.1) is 0 Å². The van der Waals surface area contributed by atoms with Gasteiger partial charge in [-0.3, -0.25) is 9.59 Å². The van der Waals surface area contributed by atoms with Crippen LogP contribution in [-0.4, -0.2) is 46.0 Å². The molecule has 1 aliphatic carbocycles. The van der Waals surface area contributed by atoms with Crippen LogP contribution in [0.15, 0.2) is 29.4 Å². The Hall–Kier alpha value is -2.36. The third kappa shape index (κ3) is 4.94. The summed E-state index contributed by atoms with van der Waals surface area (Å²) in [6.45, 7) is -0.0791. The zero-order chi connectivity index (χ0) is 22.0. The zero-order valence-corrected chi connectivity index (χ0v) is 19.4. The summed E-state index contributed by atoms with van der Waals surface area (Å²) in [6.07, 6.45) is 4.45. The molecule has 0 saturated heterocycles. The van der Waals surface area contributed by atoms with Gasteiger partial charge in [0, 0.05) is 11.9 Å². The lowest BCUT2D eigenvalue weighted by atomic mass is 9.97. The number of rotatable bonds is 6. The number of carbonyl (C=O) groups is 2. The topological polar surface area (TPSA) is 101 Å². The molecule has 1 aromatic carbocycles. The fourth-order valence-corrected chi connectivity index (χ4v) is 5.82. The Labute approximate surface area is 193 Å². The quantitative estimate of drug-likeness (QED) is 0.413. The first-order chi connectivity index (χ1) is 14.9. The minimum Gasteiger partial charge on any atom is -0.383 e. The number of amides is 2. The second kappa shape index (κ2) is 9.42. The highest BCUT2D eigenvalue weighted by atomic mass is 35.5. The third-order valence-corrected chi connectivity index (χ3v) is 7.45. The van der Waals surface area contributed by atoms with Gasteiger partial charge >= 0.3 is 0 Å². The minimum absolute atomic E-state index is 0.0791. The van der Waals surface area contributed by atoms with Crippen LogP contribution in [0.1, 0.15) is 23.3 Å². The van der Waals surface area contributed by atoms with E-state index in [0.717, 1.165) is 23.1 Å². The number of nitrogens with zero attached hydrogens (tertiary/aromatic N) is 3. The number of aromatic nitrogens is 2. The number of carbonyl (C=O) groups excluding carboxylic acids is 2. The smallest absolute Gasteiger partial charge is 0.244 e. The van der Waals surface area contributed by atoms with Crippen molar-refractivity contribution in [3.05, 3.63) is 39.7 Å². The van der Waals surface area contributed by atoms with E-state index in [0.29, 0.717) is 21.7 Å². The molecule has 31 heavy (non-hydrogen) atoms. The van der Waals surface area contributed by atoms with E-state index in [4.69, 9.17) is 17.3 Å². The lowest BCUT2D eigenvalue weighted by Crippen LogP contribution is -2.36. The van der Waals surface area contributed by atoms with Crippen LogP contribution in [0.3, 0.4) is 0 Å². The highest BCUT2D eigenvalue weighted by Gasteiger charge is 2.21. The van der Waals surface area contributed by atoms with E-state index in [9.17, 15) is 9.59 Å². The predicted octanol–water partition coefficient (Wildman–Crippen LogP) is 3.99. The van der Waals surface area contributed by atoms with Gasteiger partial charge in [0.1, 0.15) is 10.6 Å². The maximum Gasteiger partial charge on any atom is 0.244 e. The molecule has 0 radical (unpaired) electrons. The number of hydrogen-bond donors (Lipinski definition) is 2. The molecule has 162 valence electrons. The zero-order valence-electron chi connectivity index (χ0n) is 17.0. The normalized spacial score (nSPS) is 13.1. The van der Waals surface area contributed by atoms with E-state index >= 15 is 0 Å². The van der Waals surface area contributed by atoms with Crippen molar-refractivity contribution in [2.24, 2.45) is 0 Å². The lowest BCUT2D eigenvalue weighted by molar-refractivity contribution is -0.131. The van der Waals surface area contributed by atoms with Gasteiger partial charge in [0.05, 0.1) is 28.4 Å². The van der Waals surface area contributed by atoms with Crippen molar-refractivity contribution in [3.8, 4) is 0 Å². The first-order valence-electron chi connectivity index (χ1n) is 9.91.